The summed E-state index contributed by atoms with van der Waals surface area (Å²) in [5.41, 5.74) is 5.17. The molecule has 2 aromatic carbocycles. The number of halogens is 1. The quantitative estimate of drug-likeness (QED) is 0.249. The summed E-state index contributed by atoms with van der Waals surface area (Å²) in [7, 11) is 1.89. The van der Waals surface area contributed by atoms with Gasteiger partial charge in [-0.1, -0.05) is 12.1 Å². The lowest BCUT2D eigenvalue weighted by Crippen LogP contribution is -2.33. The van der Waals surface area contributed by atoms with Gasteiger partial charge in [-0.05, 0) is 56.2 Å². The number of benzene rings is 2. The molecule has 41 heavy (non-hydrogen) atoms. The van der Waals surface area contributed by atoms with E-state index in [-0.39, 0.29) is 24.4 Å². The highest BCUT2D eigenvalue weighted by Crippen LogP contribution is 2.33. The first kappa shape index (κ1) is 26.5. The molecule has 0 radical (unpaired) electrons. The first-order valence-electron chi connectivity index (χ1n) is 13.5. The van der Waals surface area contributed by atoms with E-state index in [1.165, 1.54) is 12.1 Å². The Morgan fingerprint density at radius 2 is 2.02 bits per heavy atom. The van der Waals surface area contributed by atoms with Gasteiger partial charge in [0.15, 0.2) is 5.82 Å². The number of rotatable bonds is 8. The van der Waals surface area contributed by atoms with Crippen LogP contribution in [0.25, 0.3) is 22.2 Å². The van der Waals surface area contributed by atoms with E-state index in [0.717, 1.165) is 46.4 Å². The maximum Gasteiger partial charge on any atom is 0.238 e. The van der Waals surface area contributed by atoms with Crippen LogP contribution in [-0.4, -0.2) is 61.3 Å². The molecule has 0 aliphatic carbocycles. The summed E-state index contributed by atoms with van der Waals surface area (Å²) in [4.78, 5) is 27.6. The van der Waals surface area contributed by atoms with Crippen molar-refractivity contribution in [1.29, 1.82) is 0 Å². The van der Waals surface area contributed by atoms with Gasteiger partial charge in [-0.25, -0.2) is 14.4 Å². The molecule has 0 bridgehead atoms. The van der Waals surface area contributed by atoms with Crippen molar-refractivity contribution in [2.24, 2.45) is 7.05 Å². The minimum Gasteiger partial charge on any atom is -0.489 e. The van der Waals surface area contributed by atoms with Crippen LogP contribution in [0, 0.1) is 19.7 Å². The number of carbonyl (C=O) groups excluding carboxylic acids is 1. The van der Waals surface area contributed by atoms with Crippen molar-refractivity contribution in [1.82, 2.24) is 29.6 Å². The number of aromatic nitrogens is 5. The Labute approximate surface area is 236 Å². The fourth-order valence-corrected chi connectivity index (χ4v) is 5.10. The Bertz CT molecular complexity index is 1690. The molecular formula is C30H31FN8O2. The SMILES string of the molecule is Cc1cnc(Nc2cc(C)n(C)n2)nc1-c1c[nH]c2c(NC(=O)CN3CCC(Oc4ccc(F)cc4)C3)cccc12. The lowest BCUT2D eigenvalue weighted by Gasteiger charge is -2.17. The van der Waals surface area contributed by atoms with Crippen molar-refractivity contribution >= 4 is 34.3 Å². The van der Waals surface area contributed by atoms with Crippen LogP contribution in [0.2, 0.25) is 0 Å². The fraction of sp³-hybridized carbons (Fsp3) is 0.267. The molecule has 0 spiro atoms. The van der Waals surface area contributed by atoms with Crippen molar-refractivity contribution in [2.75, 3.05) is 30.3 Å². The zero-order valence-electron chi connectivity index (χ0n) is 23.1. The van der Waals surface area contributed by atoms with Crippen LogP contribution in [0.5, 0.6) is 5.75 Å². The van der Waals surface area contributed by atoms with Crippen LogP contribution in [0.15, 0.2) is 60.9 Å². The van der Waals surface area contributed by atoms with Crippen LogP contribution < -0.4 is 15.4 Å². The van der Waals surface area contributed by atoms with Gasteiger partial charge >= 0.3 is 0 Å². The molecule has 3 N–H and O–H groups in total. The summed E-state index contributed by atoms with van der Waals surface area (Å²) >= 11 is 0. The maximum absolute atomic E-state index is 13.2. The largest absolute Gasteiger partial charge is 0.489 e. The zero-order valence-corrected chi connectivity index (χ0v) is 23.1. The van der Waals surface area contributed by atoms with E-state index in [2.05, 4.69) is 30.6 Å². The number of aryl methyl sites for hydroxylation is 3. The predicted octanol–water partition coefficient (Wildman–Crippen LogP) is 4.95. The Morgan fingerprint density at radius 1 is 1.20 bits per heavy atom. The van der Waals surface area contributed by atoms with Gasteiger partial charge in [0.25, 0.3) is 0 Å². The van der Waals surface area contributed by atoms with Gasteiger partial charge in [0.2, 0.25) is 11.9 Å². The van der Waals surface area contributed by atoms with Crippen molar-refractivity contribution in [3.63, 3.8) is 0 Å². The number of para-hydroxylation sites is 1. The van der Waals surface area contributed by atoms with Crippen LogP contribution in [0.1, 0.15) is 17.7 Å². The minimum absolute atomic E-state index is 0.0418. The molecule has 0 saturated carbocycles. The molecule has 1 amide bonds. The Morgan fingerprint density at radius 3 is 2.80 bits per heavy atom. The number of hydrogen-bond donors (Lipinski definition) is 3. The third kappa shape index (κ3) is 5.75. The second kappa shape index (κ2) is 11.0. The van der Waals surface area contributed by atoms with E-state index in [9.17, 15) is 9.18 Å². The first-order valence-corrected chi connectivity index (χ1v) is 13.5. The predicted molar refractivity (Wildman–Crippen MR) is 156 cm³/mol. The van der Waals surface area contributed by atoms with Gasteiger partial charge < -0.3 is 20.4 Å². The molecule has 1 saturated heterocycles. The van der Waals surface area contributed by atoms with Gasteiger partial charge in [-0.3, -0.25) is 14.4 Å². The molecule has 1 fully saturated rings. The van der Waals surface area contributed by atoms with Gasteiger partial charge in [0.1, 0.15) is 17.7 Å². The lowest BCUT2D eigenvalue weighted by molar-refractivity contribution is -0.117. The Hall–Kier alpha value is -4.77. The minimum atomic E-state index is -0.295. The van der Waals surface area contributed by atoms with Crippen LogP contribution in [-0.2, 0) is 11.8 Å². The topological polar surface area (TPSA) is 113 Å². The molecular weight excluding hydrogens is 523 g/mol. The molecule has 1 atom stereocenters. The summed E-state index contributed by atoms with van der Waals surface area (Å²) in [5.74, 6) is 1.36. The fourth-order valence-electron chi connectivity index (χ4n) is 5.10. The Balaban J connectivity index is 1.14. The van der Waals surface area contributed by atoms with E-state index in [1.807, 2.05) is 51.4 Å². The number of anilines is 3. The second-order valence-electron chi connectivity index (χ2n) is 10.3. The summed E-state index contributed by atoms with van der Waals surface area (Å²) in [6.45, 7) is 5.58. The molecule has 1 aliphatic heterocycles. The number of carbonyl (C=O) groups is 1. The maximum atomic E-state index is 13.2. The number of nitrogens with zero attached hydrogens (tertiary/aromatic N) is 5. The summed E-state index contributed by atoms with van der Waals surface area (Å²) in [6, 6.07) is 13.8. The molecule has 1 aliphatic rings. The van der Waals surface area contributed by atoms with Crippen LogP contribution in [0.3, 0.4) is 0 Å². The second-order valence-corrected chi connectivity index (χ2v) is 10.3. The van der Waals surface area contributed by atoms with E-state index in [1.54, 1.807) is 23.0 Å². The number of ether oxygens (including phenoxy) is 1. The van der Waals surface area contributed by atoms with Gasteiger partial charge in [-0.2, -0.15) is 5.10 Å². The molecule has 4 heterocycles. The van der Waals surface area contributed by atoms with Crippen molar-refractivity contribution < 1.29 is 13.9 Å². The average Bonchev–Trinajstić information content (AvgIpc) is 3.66. The Kier molecular flexibility index (Phi) is 7.10. The van der Waals surface area contributed by atoms with Crippen molar-refractivity contribution in [3.05, 3.63) is 78.0 Å². The number of nitrogens with one attached hydrogen (secondary N) is 3. The highest BCUT2D eigenvalue weighted by Gasteiger charge is 2.26. The third-order valence-electron chi connectivity index (χ3n) is 7.28. The molecule has 10 nitrogen and oxygen atoms in total. The van der Waals surface area contributed by atoms with Crippen LogP contribution in [0.4, 0.5) is 21.8 Å². The number of aromatic amines is 1. The van der Waals surface area contributed by atoms with Crippen molar-refractivity contribution in [2.45, 2.75) is 26.4 Å². The number of amides is 1. The normalized spacial score (nSPS) is 15.4. The highest BCUT2D eigenvalue weighted by atomic mass is 19.1. The van der Waals surface area contributed by atoms with Crippen molar-refractivity contribution in [3.8, 4) is 17.0 Å². The summed E-state index contributed by atoms with van der Waals surface area (Å²) < 4.78 is 20.9. The number of H-pyrrole nitrogens is 1. The van der Waals surface area contributed by atoms with E-state index in [0.29, 0.717) is 29.7 Å². The summed E-state index contributed by atoms with van der Waals surface area (Å²) in [5, 5.41) is 11.6. The number of likely N-dealkylation sites (tertiary alicyclic amines) is 1. The molecule has 6 rings (SSSR count). The smallest absolute Gasteiger partial charge is 0.238 e. The molecule has 11 heteroatoms. The molecule has 1 unspecified atom stereocenters. The molecule has 5 aromatic rings. The zero-order chi connectivity index (χ0) is 28.5. The first-order chi connectivity index (χ1) is 19.8. The van der Waals surface area contributed by atoms with E-state index < -0.39 is 0 Å². The third-order valence-corrected chi connectivity index (χ3v) is 7.28. The number of hydrogen-bond acceptors (Lipinski definition) is 7. The van der Waals surface area contributed by atoms with Gasteiger partial charge in [-0.15, -0.1) is 0 Å². The summed E-state index contributed by atoms with van der Waals surface area (Å²) in [6.07, 6.45) is 4.45. The van der Waals surface area contributed by atoms with Gasteiger partial charge in [0.05, 0.1) is 23.4 Å². The van der Waals surface area contributed by atoms with Gasteiger partial charge in [0, 0.05) is 55.2 Å². The molecule has 210 valence electrons. The highest BCUT2D eigenvalue weighted by molar-refractivity contribution is 6.06. The standard InChI is InChI=1S/C30H31FN8O2/c1-18-14-33-30(35-26-13-19(2)38(3)37-26)36-28(18)24-15-32-29-23(24)5-4-6-25(29)34-27(40)17-39-12-11-22(16-39)41-21-9-7-20(31)8-10-21/h4-10,13-15,22,32H,11-12,16-17H2,1-3H3,(H,34,40)(H,33,35,36,37). The molecule has 3 aromatic heterocycles. The number of fused-ring (bicyclic) bond motifs is 1. The monoisotopic (exact) mass is 554 g/mol. The van der Waals surface area contributed by atoms with E-state index >= 15 is 0 Å². The lowest BCUT2D eigenvalue weighted by atomic mass is 10.1. The van der Waals surface area contributed by atoms with Crippen LogP contribution >= 0.6 is 0 Å². The average molecular weight is 555 g/mol. The van der Waals surface area contributed by atoms with E-state index in [4.69, 9.17) is 9.72 Å².